The third-order valence-electron chi connectivity index (χ3n) is 3.94. The van der Waals surface area contributed by atoms with Gasteiger partial charge < -0.3 is 15.8 Å². The van der Waals surface area contributed by atoms with Crippen LogP contribution in [0.1, 0.15) is 35.1 Å². The van der Waals surface area contributed by atoms with E-state index in [1.807, 2.05) is 0 Å². The molecule has 2 atom stereocenters. The summed E-state index contributed by atoms with van der Waals surface area (Å²) in [6.45, 7) is 8.00. The van der Waals surface area contributed by atoms with Crippen LogP contribution in [0.3, 0.4) is 0 Å². The molecule has 0 aliphatic carbocycles. The molecule has 0 spiro atoms. The van der Waals surface area contributed by atoms with E-state index in [-0.39, 0.29) is 12.0 Å². The van der Waals surface area contributed by atoms with Gasteiger partial charge in [0.25, 0.3) is 0 Å². The third-order valence-corrected chi connectivity index (χ3v) is 3.94. The van der Waals surface area contributed by atoms with E-state index in [2.05, 4.69) is 38.2 Å². The van der Waals surface area contributed by atoms with Gasteiger partial charge in [-0.25, -0.2) is 0 Å². The molecule has 1 aliphatic rings. The molecule has 4 nitrogen and oxygen atoms in total. The van der Waals surface area contributed by atoms with Gasteiger partial charge in [0.2, 0.25) is 5.91 Å². The van der Waals surface area contributed by atoms with Crippen molar-refractivity contribution in [2.45, 2.75) is 52.4 Å². The lowest BCUT2D eigenvalue weighted by atomic mass is 10.00. The van der Waals surface area contributed by atoms with Gasteiger partial charge in [0, 0.05) is 13.1 Å². The summed E-state index contributed by atoms with van der Waals surface area (Å²) in [7, 11) is 0. The fourth-order valence-electron chi connectivity index (χ4n) is 2.91. The van der Waals surface area contributed by atoms with Gasteiger partial charge >= 0.3 is 0 Å². The number of hydrogen-bond donors (Lipinski definition) is 2. The molecule has 1 saturated heterocycles. The number of rotatable bonds is 5. The molecule has 2 rings (SSSR count). The van der Waals surface area contributed by atoms with Crippen LogP contribution >= 0.6 is 0 Å². The smallest absolute Gasteiger partial charge is 0.246 e. The van der Waals surface area contributed by atoms with E-state index in [0.717, 1.165) is 25.9 Å². The van der Waals surface area contributed by atoms with Crippen molar-refractivity contribution in [3.05, 3.63) is 34.4 Å². The van der Waals surface area contributed by atoms with Gasteiger partial charge in [0.05, 0.1) is 6.10 Å². The highest BCUT2D eigenvalue weighted by atomic mass is 16.5. The van der Waals surface area contributed by atoms with Crippen molar-refractivity contribution in [2.75, 3.05) is 6.54 Å². The van der Waals surface area contributed by atoms with Crippen molar-refractivity contribution in [1.82, 2.24) is 5.32 Å². The Kier molecular flexibility index (Phi) is 4.78. The van der Waals surface area contributed by atoms with Gasteiger partial charge in [0.1, 0.15) is 6.10 Å². The number of hydrogen-bond acceptors (Lipinski definition) is 3. The number of benzene rings is 1. The number of carbonyl (C=O) groups is 1. The molecular weight excluding hydrogens is 252 g/mol. The Labute approximate surface area is 120 Å². The quantitative estimate of drug-likeness (QED) is 0.861. The molecule has 1 heterocycles. The summed E-state index contributed by atoms with van der Waals surface area (Å²) in [4.78, 5) is 11.0. The van der Waals surface area contributed by atoms with Crippen LogP contribution < -0.4 is 11.1 Å². The van der Waals surface area contributed by atoms with Crippen LogP contribution in [0.5, 0.6) is 0 Å². The zero-order valence-corrected chi connectivity index (χ0v) is 12.5. The predicted molar refractivity (Wildman–Crippen MR) is 79.4 cm³/mol. The Balaban J connectivity index is 1.84. The molecule has 110 valence electrons. The number of ether oxygens (including phenoxy) is 1. The van der Waals surface area contributed by atoms with E-state index >= 15 is 0 Å². The molecule has 1 fully saturated rings. The summed E-state index contributed by atoms with van der Waals surface area (Å²) in [5.74, 6) is -0.349. The van der Waals surface area contributed by atoms with Crippen molar-refractivity contribution in [3.8, 4) is 0 Å². The van der Waals surface area contributed by atoms with E-state index < -0.39 is 6.10 Å². The summed E-state index contributed by atoms with van der Waals surface area (Å²) >= 11 is 0. The van der Waals surface area contributed by atoms with Crippen molar-refractivity contribution >= 4 is 5.91 Å². The topological polar surface area (TPSA) is 64.3 Å². The molecule has 1 aliphatic heterocycles. The van der Waals surface area contributed by atoms with E-state index in [9.17, 15) is 4.79 Å². The van der Waals surface area contributed by atoms with Crippen molar-refractivity contribution in [2.24, 2.45) is 5.73 Å². The Hall–Kier alpha value is -1.39. The second-order valence-electron chi connectivity index (χ2n) is 5.73. The number of nitrogens with two attached hydrogens (primary N) is 1. The fraction of sp³-hybridized carbons (Fsp3) is 0.562. The summed E-state index contributed by atoms with van der Waals surface area (Å²) in [6, 6.07) is 4.42. The first-order valence-corrected chi connectivity index (χ1v) is 7.19. The van der Waals surface area contributed by atoms with Gasteiger partial charge in [-0.15, -0.1) is 0 Å². The van der Waals surface area contributed by atoms with E-state index in [1.54, 1.807) is 0 Å². The van der Waals surface area contributed by atoms with Gasteiger partial charge in [0.15, 0.2) is 0 Å². The average molecular weight is 276 g/mol. The van der Waals surface area contributed by atoms with Crippen LogP contribution in [-0.2, 0) is 16.1 Å². The number of carbonyl (C=O) groups excluding carboxylic acids is 1. The Morgan fingerprint density at radius 3 is 2.50 bits per heavy atom. The lowest BCUT2D eigenvalue weighted by molar-refractivity contribution is -0.128. The minimum atomic E-state index is -0.398. The summed E-state index contributed by atoms with van der Waals surface area (Å²) < 4.78 is 5.60. The summed E-state index contributed by atoms with van der Waals surface area (Å²) in [5.41, 5.74) is 10.5. The lowest BCUT2D eigenvalue weighted by Crippen LogP contribution is -2.32. The molecule has 4 heteroatoms. The molecule has 20 heavy (non-hydrogen) atoms. The van der Waals surface area contributed by atoms with Crippen LogP contribution in [0, 0.1) is 20.8 Å². The van der Waals surface area contributed by atoms with Crippen LogP contribution in [-0.4, -0.2) is 24.7 Å². The highest BCUT2D eigenvalue weighted by molar-refractivity contribution is 5.79. The molecule has 0 aromatic heterocycles. The predicted octanol–water partition coefficient (Wildman–Crippen LogP) is 1.73. The normalized spacial score (nSPS) is 22.1. The van der Waals surface area contributed by atoms with Crippen LogP contribution in [0.4, 0.5) is 0 Å². The molecule has 0 radical (unpaired) electrons. The van der Waals surface area contributed by atoms with E-state index in [4.69, 9.17) is 10.5 Å². The molecule has 3 N–H and O–H groups in total. The lowest BCUT2D eigenvalue weighted by Gasteiger charge is -2.15. The summed E-state index contributed by atoms with van der Waals surface area (Å²) in [5, 5.41) is 3.43. The van der Waals surface area contributed by atoms with Crippen molar-refractivity contribution in [1.29, 1.82) is 0 Å². The Morgan fingerprint density at radius 1 is 1.30 bits per heavy atom. The first kappa shape index (κ1) is 15.0. The first-order chi connectivity index (χ1) is 9.47. The zero-order chi connectivity index (χ0) is 14.7. The van der Waals surface area contributed by atoms with Crippen LogP contribution in [0.15, 0.2) is 12.1 Å². The molecular formula is C16H24N2O2. The van der Waals surface area contributed by atoms with Crippen molar-refractivity contribution < 1.29 is 9.53 Å². The van der Waals surface area contributed by atoms with Crippen LogP contribution in [0.25, 0.3) is 0 Å². The Morgan fingerprint density at radius 2 is 1.95 bits per heavy atom. The maximum atomic E-state index is 11.0. The highest BCUT2D eigenvalue weighted by Gasteiger charge is 2.28. The number of nitrogens with one attached hydrogen (secondary N) is 1. The number of primary amides is 1. The van der Waals surface area contributed by atoms with Gasteiger partial charge in [-0.3, -0.25) is 4.79 Å². The number of aryl methyl sites for hydroxylation is 3. The Bertz CT molecular complexity index is 476. The maximum absolute atomic E-state index is 11.0. The molecule has 1 aromatic rings. The molecule has 0 saturated carbocycles. The highest BCUT2D eigenvalue weighted by Crippen LogP contribution is 2.19. The fourth-order valence-corrected chi connectivity index (χ4v) is 2.91. The standard InChI is InChI=1S/C16H24N2O2/c1-10-6-11(2)14(12(3)7-10)9-18-8-13-4-5-15(20-13)16(17)19/h6-7,13,15,18H,4-5,8-9H2,1-3H3,(H2,17,19). The van der Waals surface area contributed by atoms with Crippen molar-refractivity contribution in [3.63, 3.8) is 0 Å². The van der Waals surface area contributed by atoms with E-state index in [0.29, 0.717) is 0 Å². The zero-order valence-electron chi connectivity index (χ0n) is 12.5. The molecule has 1 aromatic carbocycles. The maximum Gasteiger partial charge on any atom is 0.246 e. The average Bonchev–Trinajstić information content (AvgIpc) is 2.81. The molecule has 1 amide bonds. The van der Waals surface area contributed by atoms with E-state index in [1.165, 1.54) is 22.3 Å². The summed E-state index contributed by atoms with van der Waals surface area (Å²) in [6.07, 6.45) is 1.33. The molecule has 2 unspecified atom stereocenters. The minimum absolute atomic E-state index is 0.0959. The largest absolute Gasteiger partial charge is 0.367 e. The SMILES string of the molecule is Cc1cc(C)c(CNCC2CCC(C(N)=O)O2)c(C)c1. The van der Waals surface area contributed by atoms with Gasteiger partial charge in [-0.05, 0) is 50.3 Å². The van der Waals surface area contributed by atoms with Crippen LogP contribution in [0.2, 0.25) is 0 Å². The van der Waals surface area contributed by atoms with Gasteiger partial charge in [-0.1, -0.05) is 17.7 Å². The van der Waals surface area contributed by atoms with Gasteiger partial charge in [-0.2, -0.15) is 0 Å². The third kappa shape index (κ3) is 3.58. The monoisotopic (exact) mass is 276 g/mol. The number of amides is 1. The first-order valence-electron chi connectivity index (χ1n) is 7.19. The second-order valence-corrected chi connectivity index (χ2v) is 5.73. The second kappa shape index (κ2) is 6.37. The molecule has 0 bridgehead atoms. The minimum Gasteiger partial charge on any atom is -0.367 e.